The van der Waals surface area contributed by atoms with Crippen LogP contribution in [0.5, 0.6) is 0 Å². The molecule has 4 unspecified atom stereocenters. The molecule has 2 aliphatic heterocycles. The highest BCUT2D eigenvalue weighted by molar-refractivity contribution is 6.23. The van der Waals surface area contributed by atoms with Crippen LogP contribution in [0.3, 0.4) is 0 Å². The van der Waals surface area contributed by atoms with Crippen LogP contribution >= 0.6 is 0 Å². The van der Waals surface area contributed by atoms with Crippen molar-refractivity contribution in [3.8, 4) is 0 Å². The third kappa shape index (κ3) is 3.53. The molecule has 0 radical (unpaired) electrons. The Bertz CT molecular complexity index is 1020. The van der Waals surface area contributed by atoms with Gasteiger partial charge in [-0.15, -0.1) is 0 Å². The van der Waals surface area contributed by atoms with Gasteiger partial charge in [0.15, 0.2) is 0 Å². The van der Waals surface area contributed by atoms with Crippen molar-refractivity contribution >= 4 is 35.0 Å². The van der Waals surface area contributed by atoms with E-state index in [0.29, 0.717) is 38.2 Å². The van der Waals surface area contributed by atoms with Crippen molar-refractivity contribution in [1.82, 2.24) is 4.90 Å². The quantitative estimate of drug-likeness (QED) is 0.314. The number of nitrogens with zero attached hydrogens (tertiary/aromatic N) is 3. The van der Waals surface area contributed by atoms with E-state index in [0.717, 1.165) is 11.3 Å². The van der Waals surface area contributed by atoms with E-state index in [-0.39, 0.29) is 59.0 Å². The van der Waals surface area contributed by atoms with E-state index in [9.17, 15) is 24.5 Å². The van der Waals surface area contributed by atoms with Crippen LogP contribution in [-0.4, -0.2) is 53.5 Å². The summed E-state index contributed by atoms with van der Waals surface area (Å²) in [4.78, 5) is 52.0. The highest BCUT2D eigenvalue weighted by Crippen LogP contribution is 2.53. The number of rotatable bonds is 5. The number of amides is 3. The molecule has 174 valence electrons. The number of hydrogen-bond acceptors (Lipinski definition) is 7. The molecule has 5 rings (SSSR count). The zero-order chi connectivity index (χ0) is 23.3. The maximum atomic E-state index is 13.0. The summed E-state index contributed by atoms with van der Waals surface area (Å²) in [5.41, 5.74) is 0.395. The molecule has 2 heterocycles. The Kier molecular flexibility index (Phi) is 5.30. The van der Waals surface area contributed by atoms with Crippen molar-refractivity contribution in [2.24, 2.45) is 23.7 Å². The van der Waals surface area contributed by atoms with Crippen molar-refractivity contribution < 1.29 is 24.0 Å². The number of carbonyl (C=O) groups is 3. The first-order chi connectivity index (χ1) is 15.9. The maximum Gasteiger partial charge on any atom is 0.409 e. The number of piperidine rings is 1. The predicted octanol–water partition coefficient (Wildman–Crippen LogP) is 2.94. The zero-order valence-corrected chi connectivity index (χ0v) is 18.3. The minimum Gasteiger partial charge on any atom is -0.450 e. The summed E-state index contributed by atoms with van der Waals surface area (Å²) in [7, 11) is 0. The van der Waals surface area contributed by atoms with Gasteiger partial charge in [-0.25, -0.2) is 9.69 Å². The van der Waals surface area contributed by atoms with Gasteiger partial charge in [-0.1, -0.05) is 12.2 Å². The standard InChI is InChI=1S/C23H26N4O6/c1-2-33-23(30)25-9-7-15(8-10-25)24-17-6-5-16(12-18(17)27(31)32)26-21(28)19-13-3-4-14(11-13)20(19)22(26)29/h3-6,12-15,19-20,24H,2,7-11H2,1H3. The second-order valence-electron chi connectivity index (χ2n) is 9.07. The normalized spacial score (nSPS) is 28.4. The number of allylic oxidation sites excluding steroid dienone is 2. The van der Waals surface area contributed by atoms with Crippen molar-refractivity contribution in [1.29, 1.82) is 0 Å². The summed E-state index contributed by atoms with van der Waals surface area (Å²) >= 11 is 0. The van der Waals surface area contributed by atoms with Gasteiger partial charge >= 0.3 is 6.09 Å². The van der Waals surface area contributed by atoms with Crippen LogP contribution in [0.1, 0.15) is 26.2 Å². The second kappa shape index (κ2) is 8.17. The smallest absolute Gasteiger partial charge is 0.409 e. The summed E-state index contributed by atoms with van der Waals surface area (Å²) in [6.07, 6.45) is 5.77. The molecule has 4 aliphatic rings. The average Bonchev–Trinajstić information content (AvgIpc) is 3.48. The van der Waals surface area contributed by atoms with E-state index in [1.165, 1.54) is 6.07 Å². The highest BCUT2D eigenvalue weighted by Gasteiger charge is 2.59. The lowest BCUT2D eigenvalue weighted by Gasteiger charge is -2.32. The second-order valence-corrected chi connectivity index (χ2v) is 9.07. The molecule has 0 spiro atoms. The van der Waals surface area contributed by atoms with Gasteiger partial charge in [-0.3, -0.25) is 19.7 Å². The third-order valence-electron chi connectivity index (χ3n) is 7.29. The Hall–Kier alpha value is -3.43. The molecule has 1 N–H and O–H groups in total. The Morgan fingerprint density at radius 3 is 2.36 bits per heavy atom. The maximum absolute atomic E-state index is 13.0. The van der Waals surface area contributed by atoms with Crippen molar-refractivity contribution in [2.75, 3.05) is 29.9 Å². The van der Waals surface area contributed by atoms with E-state index in [1.807, 2.05) is 12.2 Å². The van der Waals surface area contributed by atoms with E-state index >= 15 is 0 Å². The lowest BCUT2D eigenvalue weighted by atomic mass is 9.85. The Morgan fingerprint density at radius 2 is 1.79 bits per heavy atom. The van der Waals surface area contributed by atoms with Crippen LogP contribution in [0.4, 0.5) is 21.9 Å². The van der Waals surface area contributed by atoms with Crippen LogP contribution in [0.2, 0.25) is 0 Å². The first kappa shape index (κ1) is 21.4. The lowest BCUT2D eigenvalue weighted by Crippen LogP contribution is -2.42. The van der Waals surface area contributed by atoms with Crippen molar-refractivity contribution in [3.63, 3.8) is 0 Å². The van der Waals surface area contributed by atoms with E-state index in [2.05, 4.69) is 5.32 Å². The number of hydrogen-bond donors (Lipinski definition) is 1. The Balaban J connectivity index is 1.32. The summed E-state index contributed by atoms with van der Waals surface area (Å²) in [5.74, 6) is -1.06. The Labute approximate surface area is 190 Å². The molecule has 4 atom stereocenters. The highest BCUT2D eigenvalue weighted by atomic mass is 16.6. The van der Waals surface area contributed by atoms with Gasteiger partial charge in [-0.2, -0.15) is 0 Å². The number of nitro groups is 1. The van der Waals surface area contributed by atoms with Crippen LogP contribution in [0.25, 0.3) is 0 Å². The number of benzene rings is 1. The number of ether oxygens (including phenoxy) is 1. The number of anilines is 2. The summed E-state index contributed by atoms with van der Waals surface area (Å²) < 4.78 is 5.02. The minimum absolute atomic E-state index is 0.0451. The van der Waals surface area contributed by atoms with E-state index in [1.54, 1.807) is 24.0 Å². The van der Waals surface area contributed by atoms with Gasteiger partial charge in [-0.05, 0) is 50.2 Å². The molecular formula is C23H26N4O6. The number of imide groups is 1. The number of nitro benzene ring substituents is 1. The van der Waals surface area contributed by atoms with E-state index in [4.69, 9.17) is 4.74 Å². The summed E-state index contributed by atoms with van der Waals surface area (Å²) in [5, 5.41) is 15.0. The molecule has 10 heteroatoms. The zero-order valence-electron chi connectivity index (χ0n) is 18.3. The topological polar surface area (TPSA) is 122 Å². The SMILES string of the molecule is CCOC(=O)N1CCC(Nc2ccc(N3C(=O)C4C5C=CC(C5)C4C3=O)cc2[N+](=O)[O-])CC1. The van der Waals surface area contributed by atoms with Crippen LogP contribution < -0.4 is 10.2 Å². The molecule has 33 heavy (non-hydrogen) atoms. The van der Waals surface area contributed by atoms with Gasteiger partial charge in [0.2, 0.25) is 11.8 Å². The van der Waals surface area contributed by atoms with Crippen LogP contribution in [-0.2, 0) is 14.3 Å². The number of carbonyl (C=O) groups excluding carboxylic acids is 3. The fourth-order valence-corrected chi connectivity index (χ4v) is 5.73. The van der Waals surface area contributed by atoms with Crippen LogP contribution in [0.15, 0.2) is 30.4 Å². The fourth-order valence-electron chi connectivity index (χ4n) is 5.73. The lowest BCUT2D eigenvalue weighted by molar-refractivity contribution is -0.383. The largest absolute Gasteiger partial charge is 0.450 e. The molecule has 10 nitrogen and oxygen atoms in total. The van der Waals surface area contributed by atoms with Gasteiger partial charge in [0.25, 0.3) is 5.69 Å². The van der Waals surface area contributed by atoms with Gasteiger partial charge < -0.3 is 15.0 Å². The van der Waals surface area contributed by atoms with Gasteiger partial charge in [0.1, 0.15) is 5.69 Å². The number of fused-ring (bicyclic) bond motifs is 5. The van der Waals surface area contributed by atoms with Gasteiger partial charge in [0, 0.05) is 25.2 Å². The first-order valence-corrected chi connectivity index (χ1v) is 11.4. The van der Waals surface area contributed by atoms with E-state index < -0.39 is 4.92 Å². The molecule has 1 saturated carbocycles. The summed E-state index contributed by atoms with van der Waals surface area (Å²) in [6, 6.07) is 4.42. The molecule has 1 aromatic rings. The van der Waals surface area contributed by atoms with Crippen LogP contribution in [0, 0.1) is 33.8 Å². The monoisotopic (exact) mass is 454 g/mol. The summed E-state index contributed by atoms with van der Waals surface area (Å²) in [6.45, 7) is 3.07. The fraction of sp³-hybridized carbons (Fsp3) is 0.522. The molecule has 2 bridgehead atoms. The third-order valence-corrected chi connectivity index (χ3v) is 7.29. The first-order valence-electron chi connectivity index (χ1n) is 11.4. The Morgan fingerprint density at radius 1 is 1.15 bits per heavy atom. The molecular weight excluding hydrogens is 428 g/mol. The minimum atomic E-state index is -0.503. The van der Waals surface area contributed by atoms with Crippen molar-refractivity contribution in [2.45, 2.75) is 32.2 Å². The number of nitrogens with one attached hydrogen (secondary N) is 1. The number of likely N-dealkylation sites (tertiary alicyclic amines) is 1. The molecule has 3 fully saturated rings. The average molecular weight is 454 g/mol. The molecule has 3 amide bonds. The molecule has 2 saturated heterocycles. The molecule has 0 aromatic heterocycles. The van der Waals surface area contributed by atoms with Crippen molar-refractivity contribution in [3.05, 3.63) is 40.5 Å². The predicted molar refractivity (Wildman–Crippen MR) is 119 cm³/mol. The molecule has 2 aliphatic carbocycles. The molecule has 1 aromatic carbocycles. The van der Waals surface area contributed by atoms with Gasteiger partial charge in [0.05, 0.1) is 29.1 Å².